The molecule has 61 heavy (non-hydrogen) atoms. The zero-order valence-corrected chi connectivity index (χ0v) is 37.3. The van der Waals surface area contributed by atoms with Crippen LogP contribution < -0.4 is 0 Å². The summed E-state index contributed by atoms with van der Waals surface area (Å²) in [7, 11) is 0. The smallest absolute Gasteiger partial charge is 0.0184 e. The molecule has 8 rings (SSSR count). The summed E-state index contributed by atoms with van der Waals surface area (Å²) in [5.74, 6) is 0. The van der Waals surface area contributed by atoms with Crippen LogP contribution in [0, 0.1) is 27.7 Å². The van der Waals surface area contributed by atoms with Gasteiger partial charge in [-0.2, -0.15) is 0 Å². The van der Waals surface area contributed by atoms with Gasteiger partial charge in [0, 0.05) is 0 Å². The van der Waals surface area contributed by atoms with Gasteiger partial charge in [-0.3, -0.25) is 0 Å². The predicted molar refractivity (Wildman–Crippen MR) is 271 cm³/mol. The van der Waals surface area contributed by atoms with E-state index in [1.807, 2.05) is 0 Å². The monoisotopic (exact) mass is 801 g/mol. The molecule has 0 nitrogen and oxygen atoms in total. The summed E-state index contributed by atoms with van der Waals surface area (Å²) < 4.78 is 0. The van der Waals surface area contributed by atoms with Crippen molar-refractivity contribution < 1.29 is 0 Å². The van der Waals surface area contributed by atoms with Crippen molar-refractivity contribution in [3.63, 3.8) is 0 Å². The maximum absolute atomic E-state index is 2.20. The Kier molecular flexibility index (Phi) is 19.2. The molecule has 0 radical (unpaired) electrons. The lowest BCUT2D eigenvalue weighted by Gasteiger charge is -2.03. The Labute approximate surface area is 370 Å². The first-order chi connectivity index (χ1) is 29.2. The highest BCUT2D eigenvalue weighted by Gasteiger charge is 2.00. The molecular formula is C61H68. The van der Waals surface area contributed by atoms with Gasteiger partial charge in [0.05, 0.1) is 0 Å². The molecular weight excluding hydrogens is 733 g/mol. The van der Waals surface area contributed by atoms with Crippen LogP contribution in [0.1, 0.15) is 79.6 Å². The molecule has 8 aromatic carbocycles. The zero-order chi connectivity index (χ0) is 42.7. The molecule has 0 fully saturated rings. The second-order valence-corrected chi connectivity index (χ2v) is 15.7. The van der Waals surface area contributed by atoms with E-state index in [1.54, 1.807) is 0 Å². The predicted octanol–water partition coefficient (Wildman–Crippen LogP) is 17.5. The van der Waals surface area contributed by atoms with E-state index in [4.69, 9.17) is 0 Å². The van der Waals surface area contributed by atoms with E-state index in [-0.39, 0.29) is 7.43 Å². The second-order valence-electron chi connectivity index (χ2n) is 15.7. The van der Waals surface area contributed by atoms with Crippen molar-refractivity contribution in [1.82, 2.24) is 0 Å². The van der Waals surface area contributed by atoms with Crippen molar-refractivity contribution in [3.05, 3.63) is 239 Å². The van der Waals surface area contributed by atoms with Crippen molar-refractivity contribution in [2.24, 2.45) is 0 Å². The number of benzene rings is 8. The number of rotatable bonds is 8. The summed E-state index contributed by atoms with van der Waals surface area (Å²) in [5, 5.41) is 0. The molecule has 0 N–H and O–H groups in total. The topological polar surface area (TPSA) is 0 Å². The highest BCUT2D eigenvalue weighted by atomic mass is 14.1. The number of hydrogen-bond acceptors (Lipinski definition) is 0. The average molecular weight is 801 g/mol. The van der Waals surface area contributed by atoms with Crippen LogP contribution in [0.15, 0.2) is 194 Å². The zero-order valence-electron chi connectivity index (χ0n) is 37.3. The largest absolute Gasteiger partial charge is 0.0776 e. The average Bonchev–Trinajstić information content (AvgIpc) is 3.31. The standard InChI is InChI=1S/4C15H16.CH4/c4*1-3-13-6-10-15(11-7-13)14-8-4-12(2)5-9-14;/h4*4-11H,3H2,1-2H3;1H4. The fourth-order valence-electron chi connectivity index (χ4n) is 6.72. The first kappa shape index (κ1) is 47.4. The van der Waals surface area contributed by atoms with E-state index in [2.05, 4.69) is 250 Å². The molecule has 0 saturated heterocycles. The van der Waals surface area contributed by atoms with Crippen molar-refractivity contribution in [2.45, 2.75) is 88.5 Å². The van der Waals surface area contributed by atoms with Crippen LogP contribution in [-0.2, 0) is 25.7 Å². The third-order valence-electron chi connectivity index (χ3n) is 11.0. The summed E-state index contributed by atoms with van der Waals surface area (Å²) in [6, 6.07) is 69.9. The van der Waals surface area contributed by atoms with Gasteiger partial charge in [-0.1, -0.05) is 251 Å². The van der Waals surface area contributed by atoms with E-state index in [0.29, 0.717) is 0 Å². The first-order valence-corrected chi connectivity index (χ1v) is 21.8. The summed E-state index contributed by atoms with van der Waals surface area (Å²) in [6.07, 6.45) is 4.42. The van der Waals surface area contributed by atoms with Crippen molar-refractivity contribution >= 4 is 0 Å². The van der Waals surface area contributed by atoms with Gasteiger partial charge in [-0.05, 0) is 120 Å². The summed E-state index contributed by atoms with van der Waals surface area (Å²) in [6.45, 7) is 17.2. The molecule has 0 aliphatic rings. The van der Waals surface area contributed by atoms with Gasteiger partial charge in [0.2, 0.25) is 0 Å². The minimum atomic E-state index is 0. The Morgan fingerprint density at radius 3 is 0.426 bits per heavy atom. The van der Waals surface area contributed by atoms with Gasteiger partial charge in [0.25, 0.3) is 0 Å². The highest BCUT2D eigenvalue weighted by molar-refractivity contribution is 5.66. The molecule has 0 aliphatic carbocycles. The Morgan fingerprint density at radius 2 is 0.311 bits per heavy atom. The molecule has 0 atom stereocenters. The molecule has 312 valence electrons. The first-order valence-electron chi connectivity index (χ1n) is 21.8. The maximum atomic E-state index is 2.20. The van der Waals surface area contributed by atoms with Crippen LogP contribution in [-0.4, -0.2) is 0 Å². The van der Waals surface area contributed by atoms with Crippen LogP contribution >= 0.6 is 0 Å². The van der Waals surface area contributed by atoms with Crippen molar-refractivity contribution in [1.29, 1.82) is 0 Å². The van der Waals surface area contributed by atoms with E-state index >= 15 is 0 Å². The molecule has 0 aliphatic heterocycles. The third-order valence-corrected chi connectivity index (χ3v) is 11.0. The van der Waals surface area contributed by atoms with E-state index in [0.717, 1.165) is 25.7 Å². The molecule has 0 heterocycles. The Hall–Kier alpha value is -6.24. The summed E-state index contributed by atoms with van der Waals surface area (Å²) in [5.41, 5.74) is 21.2. The molecule has 0 unspecified atom stereocenters. The molecule has 0 bridgehead atoms. The van der Waals surface area contributed by atoms with Crippen molar-refractivity contribution in [3.8, 4) is 44.5 Å². The molecule has 0 spiro atoms. The fourth-order valence-corrected chi connectivity index (χ4v) is 6.72. The minimum Gasteiger partial charge on any atom is -0.0776 e. The van der Waals surface area contributed by atoms with Gasteiger partial charge < -0.3 is 0 Å². The highest BCUT2D eigenvalue weighted by Crippen LogP contribution is 2.23. The Morgan fingerprint density at radius 1 is 0.197 bits per heavy atom. The number of hydrogen-bond donors (Lipinski definition) is 0. The van der Waals surface area contributed by atoms with Gasteiger partial charge in [0.1, 0.15) is 0 Å². The Balaban J connectivity index is 0.000000178. The van der Waals surface area contributed by atoms with Crippen molar-refractivity contribution in [2.75, 3.05) is 0 Å². The van der Waals surface area contributed by atoms with E-state index in [9.17, 15) is 0 Å². The molecule has 0 amide bonds. The fraction of sp³-hybridized carbons (Fsp3) is 0.213. The Bertz CT molecular complexity index is 2040. The molecule has 0 aromatic heterocycles. The molecule has 0 saturated carbocycles. The van der Waals surface area contributed by atoms with Crippen LogP contribution in [0.4, 0.5) is 0 Å². The summed E-state index contributed by atoms with van der Waals surface area (Å²) in [4.78, 5) is 0. The van der Waals surface area contributed by atoms with Crippen LogP contribution in [0.5, 0.6) is 0 Å². The second kappa shape index (κ2) is 24.7. The SMILES string of the molecule is C.CCc1ccc(-c2ccc(C)cc2)cc1.CCc1ccc(-c2ccc(C)cc2)cc1.CCc1ccc(-c2ccc(C)cc2)cc1.CCc1ccc(-c2ccc(C)cc2)cc1. The third kappa shape index (κ3) is 15.1. The van der Waals surface area contributed by atoms with Gasteiger partial charge in [-0.25, -0.2) is 0 Å². The summed E-state index contributed by atoms with van der Waals surface area (Å²) >= 11 is 0. The lowest BCUT2D eigenvalue weighted by Crippen LogP contribution is -1.81. The lowest BCUT2D eigenvalue weighted by molar-refractivity contribution is 1.14. The molecule has 8 aromatic rings. The molecule has 0 heteroatoms. The van der Waals surface area contributed by atoms with Crippen LogP contribution in [0.25, 0.3) is 44.5 Å². The van der Waals surface area contributed by atoms with Crippen LogP contribution in [0.3, 0.4) is 0 Å². The number of aryl methyl sites for hydroxylation is 8. The normalized spacial score (nSPS) is 10.1. The lowest BCUT2D eigenvalue weighted by atomic mass is 10.0. The maximum Gasteiger partial charge on any atom is -0.0184 e. The van der Waals surface area contributed by atoms with E-state index in [1.165, 1.54) is 89.0 Å². The van der Waals surface area contributed by atoms with Gasteiger partial charge in [-0.15, -0.1) is 0 Å². The quantitative estimate of drug-likeness (QED) is 0.144. The van der Waals surface area contributed by atoms with Gasteiger partial charge in [0.15, 0.2) is 0 Å². The van der Waals surface area contributed by atoms with Crippen LogP contribution in [0.2, 0.25) is 0 Å². The van der Waals surface area contributed by atoms with Gasteiger partial charge >= 0.3 is 0 Å². The van der Waals surface area contributed by atoms with E-state index < -0.39 is 0 Å². The minimum absolute atomic E-state index is 0.